The summed E-state index contributed by atoms with van der Waals surface area (Å²) in [5.41, 5.74) is -1.35. The fourth-order valence-electron chi connectivity index (χ4n) is 1.16. The molecule has 4 nitrogen and oxygen atoms in total. The van der Waals surface area contributed by atoms with Crippen molar-refractivity contribution in [2.45, 2.75) is 6.43 Å². The van der Waals surface area contributed by atoms with E-state index in [1.165, 1.54) is 0 Å². The van der Waals surface area contributed by atoms with Crippen molar-refractivity contribution < 1.29 is 23.4 Å². The Morgan fingerprint density at radius 3 is 2.62 bits per heavy atom. The van der Waals surface area contributed by atoms with Crippen LogP contribution in [0.25, 0.3) is 0 Å². The largest absolute Gasteiger partial charge is 0.507 e. The normalized spacial score (nSPS) is 9.94. The molecule has 6 heteroatoms. The third kappa shape index (κ3) is 2.08. The number of benzene rings is 1. The van der Waals surface area contributed by atoms with Gasteiger partial charge in [-0.05, 0) is 12.1 Å². The molecule has 0 fully saturated rings. The quantitative estimate of drug-likeness (QED) is 0.784. The van der Waals surface area contributed by atoms with Crippen LogP contribution in [0.3, 0.4) is 0 Å². The van der Waals surface area contributed by atoms with E-state index < -0.39 is 29.3 Å². The molecule has 0 spiro atoms. The first-order valence-corrected chi connectivity index (χ1v) is 4.14. The predicted octanol–water partition coefficient (Wildman–Crippen LogP) is 1.99. The van der Waals surface area contributed by atoms with E-state index in [1.807, 2.05) is 0 Å². The fraction of sp³-hybridized carbons (Fsp3) is 0.200. The van der Waals surface area contributed by atoms with Gasteiger partial charge < -0.3 is 9.84 Å². The average Bonchev–Trinajstić information content (AvgIpc) is 2.27. The number of carbonyl (C=O) groups is 1. The number of nitrogens with zero attached hydrogens (tertiary/aromatic N) is 1. The van der Waals surface area contributed by atoms with E-state index in [0.29, 0.717) is 6.07 Å². The number of alkyl halides is 2. The zero-order valence-electron chi connectivity index (χ0n) is 8.20. The second-order valence-corrected chi connectivity index (χ2v) is 2.86. The van der Waals surface area contributed by atoms with E-state index in [0.717, 1.165) is 13.2 Å². The molecule has 0 atom stereocenters. The van der Waals surface area contributed by atoms with E-state index >= 15 is 0 Å². The number of carbonyl (C=O) groups excluding carboxylic acids is 1. The Balaban J connectivity index is 3.44. The van der Waals surface area contributed by atoms with Crippen molar-refractivity contribution >= 4 is 5.97 Å². The maximum atomic E-state index is 12.5. The Hall–Kier alpha value is -2.16. The fourth-order valence-corrected chi connectivity index (χ4v) is 1.16. The highest BCUT2D eigenvalue weighted by atomic mass is 19.3. The van der Waals surface area contributed by atoms with E-state index in [1.54, 1.807) is 6.07 Å². The SMILES string of the molecule is COC(=O)c1cc(C#N)c(O)cc1C(F)F. The van der Waals surface area contributed by atoms with Gasteiger partial charge in [0.1, 0.15) is 11.8 Å². The van der Waals surface area contributed by atoms with Gasteiger partial charge in [0, 0.05) is 5.56 Å². The molecule has 1 aromatic carbocycles. The van der Waals surface area contributed by atoms with E-state index in [-0.39, 0.29) is 5.56 Å². The number of aromatic hydroxyl groups is 1. The lowest BCUT2D eigenvalue weighted by Crippen LogP contribution is -2.06. The van der Waals surface area contributed by atoms with E-state index in [9.17, 15) is 18.7 Å². The van der Waals surface area contributed by atoms with Gasteiger partial charge in [0.15, 0.2) is 0 Å². The molecule has 16 heavy (non-hydrogen) atoms. The molecule has 1 aromatic rings. The topological polar surface area (TPSA) is 70.3 Å². The maximum Gasteiger partial charge on any atom is 0.338 e. The Labute approximate surface area is 89.7 Å². The van der Waals surface area contributed by atoms with Gasteiger partial charge >= 0.3 is 5.97 Å². The van der Waals surface area contributed by atoms with Crippen molar-refractivity contribution in [3.8, 4) is 11.8 Å². The van der Waals surface area contributed by atoms with Gasteiger partial charge in [0.25, 0.3) is 6.43 Å². The standard InChI is InChI=1S/C10H7F2NO3/c1-16-10(15)7-2-5(4-13)8(14)3-6(7)9(11)12/h2-3,9,14H,1H3. The van der Waals surface area contributed by atoms with E-state index in [4.69, 9.17) is 5.26 Å². The van der Waals surface area contributed by atoms with Crippen LogP contribution in [0.15, 0.2) is 12.1 Å². The van der Waals surface area contributed by atoms with Crippen LogP contribution in [0.4, 0.5) is 8.78 Å². The molecular formula is C10H7F2NO3. The summed E-state index contributed by atoms with van der Waals surface area (Å²) in [7, 11) is 1.04. The Morgan fingerprint density at radius 2 is 2.19 bits per heavy atom. The van der Waals surface area contributed by atoms with Gasteiger partial charge in [0.05, 0.1) is 18.2 Å². The lowest BCUT2D eigenvalue weighted by Gasteiger charge is -2.08. The summed E-state index contributed by atoms with van der Waals surface area (Å²) in [5, 5.41) is 17.8. The Kier molecular flexibility index (Phi) is 3.40. The summed E-state index contributed by atoms with van der Waals surface area (Å²) in [6, 6.07) is 3.15. The highest BCUT2D eigenvalue weighted by Crippen LogP contribution is 2.29. The van der Waals surface area contributed by atoms with Crippen molar-refractivity contribution in [2.24, 2.45) is 0 Å². The van der Waals surface area contributed by atoms with Gasteiger partial charge in [0.2, 0.25) is 0 Å². The number of nitriles is 1. The lowest BCUT2D eigenvalue weighted by molar-refractivity contribution is 0.0589. The second-order valence-electron chi connectivity index (χ2n) is 2.86. The molecule has 0 aliphatic carbocycles. The van der Waals surface area contributed by atoms with Crippen LogP contribution >= 0.6 is 0 Å². The number of ether oxygens (including phenoxy) is 1. The molecule has 0 saturated heterocycles. The Morgan fingerprint density at radius 1 is 1.56 bits per heavy atom. The van der Waals surface area contributed by atoms with Gasteiger partial charge in [-0.15, -0.1) is 0 Å². The summed E-state index contributed by atoms with van der Waals surface area (Å²) in [6.45, 7) is 0. The molecular weight excluding hydrogens is 220 g/mol. The molecule has 0 bridgehead atoms. The first-order valence-electron chi connectivity index (χ1n) is 4.14. The first-order chi connectivity index (χ1) is 7.51. The summed E-state index contributed by atoms with van der Waals surface area (Å²) >= 11 is 0. The van der Waals surface area contributed by atoms with Crippen molar-refractivity contribution in [1.29, 1.82) is 5.26 Å². The summed E-state index contributed by atoms with van der Waals surface area (Å²) in [6.07, 6.45) is -2.94. The molecule has 0 aromatic heterocycles. The van der Waals surface area contributed by atoms with Crippen LogP contribution in [0, 0.1) is 11.3 Å². The number of methoxy groups -OCH3 is 1. The number of esters is 1. The van der Waals surface area contributed by atoms with Crippen molar-refractivity contribution in [1.82, 2.24) is 0 Å². The molecule has 0 unspecified atom stereocenters. The second kappa shape index (κ2) is 4.57. The molecule has 0 amide bonds. The molecule has 0 saturated carbocycles. The van der Waals surface area contributed by atoms with Crippen LogP contribution in [-0.4, -0.2) is 18.2 Å². The lowest BCUT2D eigenvalue weighted by atomic mass is 10.0. The summed E-state index contributed by atoms with van der Waals surface area (Å²) in [4.78, 5) is 11.2. The summed E-state index contributed by atoms with van der Waals surface area (Å²) < 4.78 is 29.4. The molecule has 0 radical (unpaired) electrons. The predicted molar refractivity (Wildman–Crippen MR) is 49.1 cm³/mol. The van der Waals surface area contributed by atoms with Gasteiger partial charge in [-0.1, -0.05) is 0 Å². The minimum atomic E-state index is -2.94. The highest BCUT2D eigenvalue weighted by Gasteiger charge is 2.21. The first kappa shape index (κ1) is 11.9. The minimum Gasteiger partial charge on any atom is -0.507 e. The monoisotopic (exact) mass is 227 g/mol. The zero-order chi connectivity index (χ0) is 12.3. The van der Waals surface area contributed by atoms with Gasteiger partial charge in [-0.25, -0.2) is 13.6 Å². The number of hydrogen-bond donors (Lipinski definition) is 1. The molecule has 1 rings (SSSR count). The summed E-state index contributed by atoms with van der Waals surface area (Å²) in [5.74, 6) is -1.57. The third-order valence-electron chi connectivity index (χ3n) is 1.93. The Bertz CT molecular complexity index is 466. The van der Waals surface area contributed by atoms with Crippen LogP contribution in [0.2, 0.25) is 0 Å². The van der Waals surface area contributed by atoms with Crippen LogP contribution < -0.4 is 0 Å². The third-order valence-corrected chi connectivity index (χ3v) is 1.93. The number of phenolic OH excluding ortho intramolecular Hbond substituents is 1. The van der Waals surface area contributed by atoms with Crippen molar-refractivity contribution in [3.05, 3.63) is 28.8 Å². The molecule has 0 heterocycles. The van der Waals surface area contributed by atoms with Crippen molar-refractivity contribution in [3.63, 3.8) is 0 Å². The van der Waals surface area contributed by atoms with Crippen LogP contribution in [-0.2, 0) is 4.74 Å². The van der Waals surface area contributed by atoms with Crippen LogP contribution in [0.5, 0.6) is 5.75 Å². The zero-order valence-corrected chi connectivity index (χ0v) is 8.20. The van der Waals surface area contributed by atoms with Gasteiger partial charge in [-0.2, -0.15) is 5.26 Å². The molecule has 0 aliphatic heterocycles. The van der Waals surface area contributed by atoms with Gasteiger partial charge in [-0.3, -0.25) is 0 Å². The maximum absolute atomic E-state index is 12.5. The number of phenols is 1. The molecule has 0 aliphatic rings. The molecule has 84 valence electrons. The number of rotatable bonds is 2. The van der Waals surface area contributed by atoms with Crippen molar-refractivity contribution in [2.75, 3.05) is 7.11 Å². The van der Waals surface area contributed by atoms with Crippen LogP contribution in [0.1, 0.15) is 27.9 Å². The minimum absolute atomic E-state index is 0.259. The molecule has 1 N–H and O–H groups in total. The highest BCUT2D eigenvalue weighted by molar-refractivity contribution is 5.92. The smallest absolute Gasteiger partial charge is 0.338 e. The number of hydrogen-bond acceptors (Lipinski definition) is 4. The van der Waals surface area contributed by atoms with E-state index in [2.05, 4.69) is 4.74 Å². The number of halogens is 2. The average molecular weight is 227 g/mol.